The van der Waals surface area contributed by atoms with Crippen LogP contribution in [0.15, 0.2) is 60.7 Å². The quantitative estimate of drug-likeness (QED) is 0.825. The van der Waals surface area contributed by atoms with Crippen LogP contribution in [0.4, 0.5) is 0 Å². The fraction of sp³-hybridized carbons (Fsp3) is 0.125. The Bertz CT molecular complexity index is 544. The maximum Gasteiger partial charge on any atom is 0.121 e. The van der Waals surface area contributed by atoms with Crippen LogP contribution in [0.25, 0.3) is 5.76 Å². The van der Waals surface area contributed by atoms with Crippen molar-refractivity contribution in [3.8, 4) is 5.75 Å². The third-order valence-electron chi connectivity index (χ3n) is 2.84. The molecule has 3 nitrogen and oxygen atoms in total. The maximum atomic E-state index is 9.99. The van der Waals surface area contributed by atoms with Gasteiger partial charge in [0.2, 0.25) is 0 Å². The molecule has 2 N–H and O–H groups in total. The molecule has 0 saturated heterocycles. The third kappa shape index (κ3) is 3.36. The molecule has 0 bridgehead atoms. The summed E-state index contributed by atoms with van der Waals surface area (Å²) in [5.41, 5.74) is 1.37. The van der Waals surface area contributed by atoms with E-state index in [1.807, 2.05) is 30.3 Å². The van der Waals surface area contributed by atoms with E-state index in [1.165, 1.54) is 6.08 Å². The van der Waals surface area contributed by atoms with E-state index in [9.17, 15) is 10.2 Å². The molecular formula is C16H16O3. The summed E-state index contributed by atoms with van der Waals surface area (Å²) in [6.07, 6.45) is 0.584. The van der Waals surface area contributed by atoms with Crippen molar-refractivity contribution < 1.29 is 14.9 Å². The van der Waals surface area contributed by atoms with Crippen LogP contribution in [0.5, 0.6) is 5.75 Å². The average molecular weight is 256 g/mol. The molecule has 2 aromatic rings. The van der Waals surface area contributed by atoms with Crippen molar-refractivity contribution in [2.75, 3.05) is 7.11 Å². The number of benzene rings is 2. The zero-order valence-corrected chi connectivity index (χ0v) is 10.7. The molecule has 2 aromatic carbocycles. The number of aliphatic hydroxyl groups is 2. The first-order valence-corrected chi connectivity index (χ1v) is 5.99. The van der Waals surface area contributed by atoms with Crippen LogP contribution in [-0.4, -0.2) is 17.3 Å². The number of aliphatic hydroxyl groups excluding tert-OH is 2. The van der Waals surface area contributed by atoms with Crippen LogP contribution in [-0.2, 0) is 0 Å². The number of hydrogen-bond donors (Lipinski definition) is 2. The zero-order chi connectivity index (χ0) is 13.7. The van der Waals surface area contributed by atoms with Gasteiger partial charge in [-0.2, -0.15) is 0 Å². The van der Waals surface area contributed by atoms with Gasteiger partial charge in [-0.25, -0.2) is 0 Å². The molecule has 0 aliphatic rings. The fourth-order valence-corrected chi connectivity index (χ4v) is 1.75. The molecule has 19 heavy (non-hydrogen) atoms. The molecule has 0 fully saturated rings. The van der Waals surface area contributed by atoms with Crippen LogP contribution >= 0.6 is 0 Å². The maximum absolute atomic E-state index is 9.99. The number of methoxy groups -OCH3 is 1. The van der Waals surface area contributed by atoms with Gasteiger partial charge in [-0.1, -0.05) is 30.3 Å². The molecule has 3 heteroatoms. The summed E-state index contributed by atoms with van der Waals surface area (Å²) in [4.78, 5) is 0. The van der Waals surface area contributed by atoms with Crippen molar-refractivity contribution in [2.45, 2.75) is 6.10 Å². The molecule has 1 unspecified atom stereocenters. The van der Waals surface area contributed by atoms with Gasteiger partial charge in [0, 0.05) is 5.56 Å². The molecule has 0 aromatic heterocycles. The van der Waals surface area contributed by atoms with E-state index in [1.54, 1.807) is 31.4 Å². The Balaban J connectivity index is 2.18. The molecular weight excluding hydrogens is 240 g/mol. The van der Waals surface area contributed by atoms with Crippen molar-refractivity contribution in [2.24, 2.45) is 0 Å². The van der Waals surface area contributed by atoms with E-state index in [2.05, 4.69) is 0 Å². The Labute approximate surface area is 112 Å². The lowest BCUT2D eigenvalue weighted by molar-refractivity contribution is 0.227. The minimum atomic E-state index is -0.830. The summed E-state index contributed by atoms with van der Waals surface area (Å²) in [5.74, 6) is 0.763. The van der Waals surface area contributed by atoms with E-state index in [0.717, 1.165) is 11.3 Å². The van der Waals surface area contributed by atoms with Crippen molar-refractivity contribution >= 4 is 5.76 Å². The second kappa shape index (κ2) is 6.07. The van der Waals surface area contributed by atoms with E-state index in [4.69, 9.17) is 4.74 Å². The smallest absolute Gasteiger partial charge is 0.121 e. The molecule has 2 rings (SSSR count). The predicted molar refractivity (Wildman–Crippen MR) is 75.0 cm³/mol. The van der Waals surface area contributed by atoms with Crippen LogP contribution in [0.1, 0.15) is 17.2 Å². The zero-order valence-electron chi connectivity index (χ0n) is 10.7. The normalized spacial score (nSPS) is 13.1. The Morgan fingerprint density at radius 2 is 1.68 bits per heavy atom. The summed E-state index contributed by atoms with van der Waals surface area (Å²) in [6, 6.07) is 16.2. The van der Waals surface area contributed by atoms with Crippen LogP contribution < -0.4 is 4.74 Å². The number of rotatable bonds is 4. The Morgan fingerprint density at radius 1 is 1.05 bits per heavy atom. The van der Waals surface area contributed by atoms with Gasteiger partial charge in [0.1, 0.15) is 17.6 Å². The van der Waals surface area contributed by atoms with Gasteiger partial charge in [0.05, 0.1) is 7.11 Å². The summed E-state index contributed by atoms with van der Waals surface area (Å²) in [5, 5.41) is 20.0. The highest BCUT2D eigenvalue weighted by atomic mass is 16.5. The fourth-order valence-electron chi connectivity index (χ4n) is 1.75. The second-order valence-electron chi connectivity index (χ2n) is 4.14. The third-order valence-corrected chi connectivity index (χ3v) is 2.84. The first-order valence-electron chi connectivity index (χ1n) is 5.99. The highest BCUT2D eigenvalue weighted by Gasteiger charge is 2.06. The minimum absolute atomic E-state index is 0.0407. The van der Waals surface area contributed by atoms with Gasteiger partial charge in [-0.05, 0) is 35.9 Å². The van der Waals surface area contributed by atoms with E-state index in [0.29, 0.717) is 5.56 Å². The van der Waals surface area contributed by atoms with E-state index < -0.39 is 6.10 Å². The summed E-state index contributed by atoms with van der Waals surface area (Å²) in [7, 11) is 1.59. The second-order valence-corrected chi connectivity index (χ2v) is 4.14. The molecule has 0 aliphatic carbocycles. The van der Waals surface area contributed by atoms with Crippen molar-refractivity contribution in [1.82, 2.24) is 0 Å². The highest BCUT2D eigenvalue weighted by Crippen LogP contribution is 2.21. The lowest BCUT2D eigenvalue weighted by Crippen LogP contribution is -1.95. The summed E-state index contributed by atoms with van der Waals surface area (Å²) < 4.78 is 5.05. The van der Waals surface area contributed by atoms with Gasteiger partial charge >= 0.3 is 0 Å². The predicted octanol–water partition coefficient (Wildman–Crippen LogP) is 3.33. The van der Waals surface area contributed by atoms with Crippen LogP contribution in [0, 0.1) is 0 Å². The van der Waals surface area contributed by atoms with Gasteiger partial charge < -0.3 is 14.9 Å². The minimum Gasteiger partial charge on any atom is -0.508 e. The highest BCUT2D eigenvalue weighted by molar-refractivity contribution is 5.60. The lowest BCUT2D eigenvalue weighted by Gasteiger charge is -2.08. The van der Waals surface area contributed by atoms with Gasteiger partial charge in [0.25, 0.3) is 0 Å². The standard InChI is InChI=1S/C16H16O3/c1-19-14-9-7-13(8-10-14)16(18)11-15(17)12-5-3-2-4-6-12/h2-11,15,17-18H,1H3/b16-11-. The topological polar surface area (TPSA) is 49.7 Å². The lowest BCUT2D eigenvalue weighted by atomic mass is 10.1. The first kappa shape index (κ1) is 13.2. The van der Waals surface area contributed by atoms with E-state index in [-0.39, 0.29) is 5.76 Å². The van der Waals surface area contributed by atoms with Crippen molar-refractivity contribution in [3.05, 3.63) is 71.8 Å². The van der Waals surface area contributed by atoms with Crippen LogP contribution in [0.2, 0.25) is 0 Å². The molecule has 0 spiro atoms. The molecule has 98 valence electrons. The largest absolute Gasteiger partial charge is 0.508 e. The molecule has 0 aliphatic heterocycles. The summed E-state index contributed by atoms with van der Waals surface area (Å²) >= 11 is 0. The Kier molecular flexibility index (Phi) is 4.21. The monoisotopic (exact) mass is 256 g/mol. The summed E-state index contributed by atoms with van der Waals surface area (Å²) in [6.45, 7) is 0. The molecule has 0 heterocycles. The van der Waals surface area contributed by atoms with Crippen LogP contribution in [0.3, 0.4) is 0 Å². The van der Waals surface area contributed by atoms with E-state index >= 15 is 0 Å². The molecule has 0 saturated carbocycles. The Hall–Kier alpha value is -2.26. The van der Waals surface area contributed by atoms with Gasteiger partial charge in [-0.15, -0.1) is 0 Å². The number of ether oxygens (including phenoxy) is 1. The average Bonchev–Trinajstić information content (AvgIpc) is 2.48. The number of hydrogen-bond acceptors (Lipinski definition) is 3. The molecule has 0 radical (unpaired) electrons. The molecule has 0 amide bonds. The SMILES string of the molecule is COc1ccc(/C(O)=C/C(O)c2ccccc2)cc1. The first-order chi connectivity index (χ1) is 9.20. The van der Waals surface area contributed by atoms with Gasteiger partial charge in [0.15, 0.2) is 0 Å². The van der Waals surface area contributed by atoms with Crippen molar-refractivity contribution in [3.63, 3.8) is 0 Å². The molecule has 1 atom stereocenters. The Morgan fingerprint density at radius 3 is 2.26 bits per heavy atom. The van der Waals surface area contributed by atoms with Gasteiger partial charge in [-0.3, -0.25) is 0 Å². The van der Waals surface area contributed by atoms with Crippen molar-refractivity contribution in [1.29, 1.82) is 0 Å².